The van der Waals surface area contributed by atoms with Gasteiger partial charge >= 0.3 is 0 Å². The molecule has 1 fully saturated rings. The van der Waals surface area contributed by atoms with E-state index in [0.717, 1.165) is 24.8 Å². The maximum absolute atomic E-state index is 8.96. The van der Waals surface area contributed by atoms with E-state index in [9.17, 15) is 0 Å². The highest BCUT2D eigenvalue weighted by atomic mass is 35.5. The fourth-order valence-corrected chi connectivity index (χ4v) is 3.89. The molecular formula is C14H14ClN5S. The maximum atomic E-state index is 8.96. The molecule has 2 atom stereocenters. The molecular weight excluding hydrogens is 306 g/mol. The first-order valence-electron chi connectivity index (χ1n) is 6.70. The van der Waals surface area contributed by atoms with Crippen molar-refractivity contribution in [2.45, 2.75) is 29.7 Å². The number of hydrogen-bond donors (Lipinski definition) is 1. The second-order valence-electron chi connectivity index (χ2n) is 5.03. The second kappa shape index (κ2) is 5.96. The largest absolute Gasteiger partial charge is 0.335 e. The molecule has 0 aliphatic heterocycles. The molecule has 1 aromatic carbocycles. The zero-order valence-electron chi connectivity index (χ0n) is 11.2. The molecule has 2 N–H and O–H groups in total. The average Bonchev–Trinajstić information content (AvgIpc) is 3.08. The highest BCUT2D eigenvalue weighted by molar-refractivity contribution is 7.99. The van der Waals surface area contributed by atoms with Gasteiger partial charge in [0.1, 0.15) is 0 Å². The summed E-state index contributed by atoms with van der Waals surface area (Å²) in [5.41, 5.74) is 0.766. The van der Waals surface area contributed by atoms with Crippen LogP contribution < -0.4 is 5.84 Å². The number of nitriles is 1. The molecule has 0 amide bonds. The summed E-state index contributed by atoms with van der Waals surface area (Å²) < 4.78 is 1.48. The van der Waals surface area contributed by atoms with E-state index in [4.69, 9.17) is 22.7 Å². The fourth-order valence-electron chi connectivity index (χ4n) is 2.50. The summed E-state index contributed by atoms with van der Waals surface area (Å²) in [6, 6.07) is 9.74. The normalized spacial score (nSPS) is 21.3. The minimum Gasteiger partial charge on any atom is -0.335 e. The number of halogens is 1. The first-order valence-corrected chi connectivity index (χ1v) is 7.96. The van der Waals surface area contributed by atoms with Crippen molar-refractivity contribution in [3.05, 3.63) is 29.3 Å². The monoisotopic (exact) mass is 319 g/mol. The molecule has 1 aliphatic carbocycles. The molecule has 0 unspecified atom stereocenters. The zero-order chi connectivity index (χ0) is 14.8. The van der Waals surface area contributed by atoms with Gasteiger partial charge in [-0.25, -0.2) is 4.68 Å². The van der Waals surface area contributed by atoms with E-state index < -0.39 is 0 Å². The van der Waals surface area contributed by atoms with Gasteiger partial charge in [-0.05, 0) is 31.4 Å². The van der Waals surface area contributed by atoms with E-state index in [0.29, 0.717) is 21.3 Å². The van der Waals surface area contributed by atoms with Crippen molar-refractivity contribution in [1.29, 1.82) is 5.26 Å². The Bertz CT molecular complexity index is 693. The number of nitrogens with two attached hydrogens (primary N) is 1. The van der Waals surface area contributed by atoms with Crippen molar-refractivity contribution in [2.75, 3.05) is 5.84 Å². The van der Waals surface area contributed by atoms with Crippen LogP contribution in [0.3, 0.4) is 0 Å². The Hall–Kier alpha value is -1.71. The lowest BCUT2D eigenvalue weighted by molar-refractivity contribution is 0.702. The first-order chi connectivity index (χ1) is 10.2. The van der Waals surface area contributed by atoms with Gasteiger partial charge < -0.3 is 5.84 Å². The number of thioether (sulfide) groups is 1. The van der Waals surface area contributed by atoms with Crippen LogP contribution in [-0.2, 0) is 0 Å². The fraction of sp³-hybridized carbons (Fsp3) is 0.357. The van der Waals surface area contributed by atoms with Crippen molar-refractivity contribution in [1.82, 2.24) is 14.9 Å². The minimum absolute atomic E-state index is 0.152. The van der Waals surface area contributed by atoms with Crippen LogP contribution in [0.5, 0.6) is 0 Å². The number of aromatic nitrogens is 3. The van der Waals surface area contributed by atoms with Crippen LogP contribution >= 0.6 is 23.4 Å². The van der Waals surface area contributed by atoms with Crippen molar-refractivity contribution < 1.29 is 0 Å². The summed E-state index contributed by atoms with van der Waals surface area (Å²) in [4.78, 5) is 0. The molecule has 0 spiro atoms. The molecule has 21 heavy (non-hydrogen) atoms. The van der Waals surface area contributed by atoms with Crippen LogP contribution in [0.15, 0.2) is 29.4 Å². The summed E-state index contributed by atoms with van der Waals surface area (Å²) in [5.74, 6) is 6.80. The molecule has 2 aromatic rings. The Morgan fingerprint density at radius 2 is 2.14 bits per heavy atom. The van der Waals surface area contributed by atoms with Gasteiger partial charge in [-0.2, -0.15) is 5.26 Å². The Kier molecular flexibility index (Phi) is 4.04. The van der Waals surface area contributed by atoms with Crippen LogP contribution in [-0.4, -0.2) is 20.1 Å². The van der Waals surface area contributed by atoms with Crippen LogP contribution in [0.2, 0.25) is 5.02 Å². The van der Waals surface area contributed by atoms with Crippen LogP contribution in [0, 0.1) is 17.2 Å². The maximum Gasteiger partial charge on any atom is 0.210 e. The highest BCUT2D eigenvalue weighted by Crippen LogP contribution is 2.37. The lowest BCUT2D eigenvalue weighted by Crippen LogP contribution is -2.13. The average molecular weight is 320 g/mol. The van der Waals surface area contributed by atoms with Crippen LogP contribution in [0.25, 0.3) is 11.4 Å². The topological polar surface area (TPSA) is 80.5 Å². The Morgan fingerprint density at radius 3 is 2.86 bits per heavy atom. The van der Waals surface area contributed by atoms with Crippen LogP contribution in [0.1, 0.15) is 19.3 Å². The zero-order valence-corrected chi connectivity index (χ0v) is 12.8. The number of nitrogens with zero attached hydrogens (tertiary/aromatic N) is 4. The van der Waals surface area contributed by atoms with Gasteiger partial charge in [0.2, 0.25) is 5.16 Å². The molecule has 7 heteroatoms. The van der Waals surface area contributed by atoms with E-state index in [1.54, 1.807) is 17.8 Å². The summed E-state index contributed by atoms with van der Waals surface area (Å²) in [5, 5.41) is 18.9. The SMILES string of the molecule is N#C[C@@H]1CC[C@@H](Sc2nnc(-c3ccccc3Cl)n2N)C1. The predicted octanol–water partition coefficient (Wildman–Crippen LogP) is 3.10. The Balaban J connectivity index is 1.81. The van der Waals surface area contributed by atoms with Crippen molar-refractivity contribution in [2.24, 2.45) is 5.92 Å². The third kappa shape index (κ3) is 2.85. The van der Waals surface area contributed by atoms with Gasteiger partial charge in [-0.3, -0.25) is 0 Å². The Labute approximate surface area is 132 Å². The van der Waals surface area contributed by atoms with Gasteiger partial charge in [0.15, 0.2) is 5.82 Å². The van der Waals surface area contributed by atoms with Gasteiger partial charge in [0.05, 0.1) is 11.1 Å². The number of benzene rings is 1. The molecule has 1 aromatic heterocycles. The lowest BCUT2D eigenvalue weighted by Gasteiger charge is -2.08. The Morgan fingerprint density at radius 1 is 1.33 bits per heavy atom. The standard InChI is InChI=1S/C14H14ClN5S/c15-12-4-2-1-3-11(12)13-18-19-14(20(13)17)21-10-6-5-9(7-10)8-16/h1-4,9-10H,5-7,17H2/t9-,10-/m1/s1. The molecule has 0 radical (unpaired) electrons. The van der Waals surface area contributed by atoms with E-state index in [-0.39, 0.29) is 5.92 Å². The molecule has 1 heterocycles. The van der Waals surface area contributed by atoms with Crippen molar-refractivity contribution in [3.8, 4) is 17.5 Å². The minimum atomic E-state index is 0.152. The second-order valence-corrected chi connectivity index (χ2v) is 6.71. The quantitative estimate of drug-likeness (QED) is 0.879. The van der Waals surface area contributed by atoms with Gasteiger partial charge in [0.25, 0.3) is 0 Å². The van der Waals surface area contributed by atoms with E-state index >= 15 is 0 Å². The molecule has 5 nitrogen and oxygen atoms in total. The highest BCUT2D eigenvalue weighted by Gasteiger charge is 2.27. The molecule has 108 valence electrons. The molecule has 1 aliphatic rings. The van der Waals surface area contributed by atoms with Gasteiger partial charge in [0, 0.05) is 16.7 Å². The predicted molar refractivity (Wildman–Crippen MR) is 83.2 cm³/mol. The summed E-state index contributed by atoms with van der Waals surface area (Å²) in [7, 11) is 0. The molecule has 0 bridgehead atoms. The number of hydrogen-bond acceptors (Lipinski definition) is 5. The summed E-state index contributed by atoms with van der Waals surface area (Å²) >= 11 is 7.76. The van der Waals surface area contributed by atoms with Crippen LogP contribution in [0.4, 0.5) is 0 Å². The smallest absolute Gasteiger partial charge is 0.210 e. The van der Waals surface area contributed by atoms with Crippen molar-refractivity contribution in [3.63, 3.8) is 0 Å². The molecule has 1 saturated carbocycles. The third-order valence-corrected chi connectivity index (χ3v) is 5.20. The van der Waals surface area contributed by atoms with E-state index in [1.807, 2.05) is 18.2 Å². The first kappa shape index (κ1) is 14.2. The molecule has 0 saturated heterocycles. The van der Waals surface area contributed by atoms with Crippen molar-refractivity contribution >= 4 is 23.4 Å². The number of rotatable bonds is 3. The van der Waals surface area contributed by atoms with E-state index in [1.165, 1.54) is 4.68 Å². The van der Waals surface area contributed by atoms with Gasteiger partial charge in [-0.15, -0.1) is 10.2 Å². The van der Waals surface area contributed by atoms with E-state index in [2.05, 4.69) is 16.3 Å². The molecule has 3 rings (SSSR count). The lowest BCUT2D eigenvalue weighted by atomic mass is 10.1. The van der Waals surface area contributed by atoms with Gasteiger partial charge in [-0.1, -0.05) is 35.5 Å². The summed E-state index contributed by atoms with van der Waals surface area (Å²) in [6.45, 7) is 0. The summed E-state index contributed by atoms with van der Waals surface area (Å²) in [6.07, 6.45) is 2.84. The number of nitrogen functional groups attached to an aromatic ring is 1. The third-order valence-electron chi connectivity index (χ3n) is 3.62.